The van der Waals surface area contributed by atoms with Gasteiger partial charge in [0.2, 0.25) is 0 Å². The molecule has 4 aromatic rings. The number of benzene rings is 2. The summed E-state index contributed by atoms with van der Waals surface area (Å²) in [5.41, 5.74) is 1.99. The van der Waals surface area contributed by atoms with Crippen molar-refractivity contribution in [2.75, 3.05) is 18.7 Å². The predicted molar refractivity (Wildman–Crippen MR) is 117 cm³/mol. The molecule has 0 fully saturated rings. The van der Waals surface area contributed by atoms with Crippen molar-refractivity contribution in [3.05, 3.63) is 71.4 Å². The third-order valence-electron chi connectivity index (χ3n) is 4.40. The highest BCUT2D eigenvalue weighted by molar-refractivity contribution is 7.98. The average molecular weight is 459 g/mol. The van der Waals surface area contributed by atoms with Crippen LogP contribution in [0.2, 0.25) is 0 Å². The molecule has 4 rings (SSSR count). The lowest BCUT2D eigenvalue weighted by molar-refractivity contribution is 0.102. The maximum Gasteiger partial charge on any atom is 0.276 e. The fraction of sp³-hybridized carbons (Fsp3) is 0.0952. The summed E-state index contributed by atoms with van der Waals surface area (Å²) in [5.74, 6) is -1.14. The number of amides is 1. The van der Waals surface area contributed by atoms with Crippen molar-refractivity contribution < 1.29 is 18.3 Å². The van der Waals surface area contributed by atoms with Gasteiger partial charge in [-0.25, -0.2) is 18.7 Å². The van der Waals surface area contributed by atoms with Gasteiger partial charge in [0.15, 0.2) is 21.9 Å². The number of carbonyl (C=O) groups is 1. The van der Waals surface area contributed by atoms with Crippen molar-refractivity contribution in [3.8, 4) is 22.7 Å². The molecule has 158 valence electrons. The Morgan fingerprint density at radius 2 is 1.97 bits per heavy atom. The molecule has 0 radical (unpaired) electrons. The first-order valence-corrected chi connectivity index (χ1v) is 11.1. The maximum atomic E-state index is 14.0. The van der Waals surface area contributed by atoms with Crippen LogP contribution < -0.4 is 10.1 Å². The van der Waals surface area contributed by atoms with E-state index in [1.807, 2.05) is 6.26 Å². The molecular formula is C21H16F2N4O2S2. The van der Waals surface area contributed by atoms with Crippen molar-refractivity contribution >= 4 is 34.1 Å². The van der Waals surface area contributed by atoms with E-state index in [9.17, 15) is 13.6 Å². The second-order valence-electron chi connectivity index (χ2n) is 6.28. The van der Waals surface area contributed by atoms with Crippen LogP contribution in [0.15, 0.2) is 59.2 Å². The minimum absolute atomic E-state index is 0.145. The van der Waals surface area contributed by atoms with Gasteiger partial charge >= 0.3 is 0 Å². The quantitative estimate of drug-likeness (QED) is 0.400. The topological polar surface area (TPSA) is 69.0 Å². The molecule has 2 aromatic heterocycles. The summed E-state index contributed by atoms with van der Waals surface area (Å²) in [7, 11) is 1.40. The molecule has 0 bridgehead atoms. The largest absolute Gasteiger partial charge is 0.494 e. The molecule has 0 saturated carbocycles. The van der Waals surface area contributed by atoms with Crippen LogP contribution in [-0.2, 0) is 0 Å². The van der Waals surface area contributed by atoms with Gasteiger partial charge in [-0.05, 0) is 48.7 Å². The minimum atomic E-state index is -0.494. The number of aromatic nitrogens is 3. The Morgan fingerprint density at radius 3 is 2.65 bits per heavy atom. The number of rotatable bonds is 6. The number of hydrogen-bond donors (Lipinski definition) is 1. The summed E-state index contributed by atoms with van der Waals surface area (Å²) in [5, 5.41) is 5.42. The van der Waals surface area contributed by atoms with Gasteiger partial charge < -0.3 is 4.74 Å². The molecule has 2 aromatic carbocycles. The summed E-state index contributed by atoms with van der Waals surface area (Å²) in [6, 6.07) is 10.3. The van der Waals surface area contributed by atoms with Gasteiger partial charge in [-0.2, -0.15) is 0 Å². The molecule has 10 heteroatoms. The van der Waals surface area contributed by atoms with E-state index in [2.05, 4.69) is 15.3 Å². The fourth-order valence-corrected chi connectivity index (χ4v) is 4.19. The Labute approximate surface area is 184 Å². The third kappa shape index (κ3) is 4.30. The first-order chi connectivity index (χ1) is 15.0. The van der Waals surface area contributed by atoms with E-state index < -0.39 is 11.7 Å². The lowest BCUT2D eigenvalue weighted by atomic mass is 10.1. The standard InChI is InChI=1S/C21H16F2N4O2S2/c1-29-18-8-3-12(9-15(18)23)16-11-31-20(25-16)26-19(28)17-10-24-21(30-2)27(17)14-6-4-13(22)5-7-14/h3-11H,1-2H3,(H,25,26,28). The van der Waals surface area contributed by atoms with Crippen molar-refractivity contribution in [1.82, 2.24) is 14.5 Å². The third-order valence-corrected chi connectivity index (χ3v) is 5.81. The molecule has 0 aliphatic carbocycles. The number of anilines is 1. The van der Waals surface area contributed by atoms with Crippen LogP contribution in [0.4, 0.5) is 13.9 Å². The SMILES string of the molecule is COc1ccc(-c2csc(NC(=O)c3cnc(SC)n3-c3ccc(F)cc3)n2)cc1F. The van der Waals surface area contributed by atoms with Crippen LogP contribution in [-0.4, -0.2) is 33.8 Å². The van der Waals surface area contributed by atoms with E-state index in [0.29, 0.717) is 27.2 Å². The zero-order valence-corrected chi connectivity index (χ0v) is 18.1. The van der Waals surface area contributed by atoms with Crippen molar-refractivity contribution in [1.29, 1.82) is 0 Å². The van der Waals surface area contributed by atoms with Crippen LogP contribution >= 0.6 is 23.1 Å². The van der Waals surface area contributed by atoms with Gasteiger partial charge in [0.25, 0.3) is 5.91 Å². The molecule has 1 N–H and O–H groups in total. The molecule has 1 amide bonds. The number of hydrogen-bond acceptors (Lipinski definition) is 6. The van der Waals surface area contributed by atoms with E-state index in [0.717, 1.165) is 0 Å². The molecule has 2 heterocycles. The van der Waals surface area contributed by atoms with Crippen molar-refractivity contribution in [3.63, 3.8) is 0 Å². The Morgan fingerprint density at radius 1 is 1.19 bits per heavy atom. The van der Waals surface area contributed by atoms with E-state index in [-0.39, 0.29) is 17.3 Å². The normalized spacial score (nSPS) is 10.8. The zero-order chi connectivity index (χ0) is 22.0. The highest BCUT2D eigenvalue weighted by atomic mass is 32.2. The Bertz CT molecular complexity index is 1240. The smallest absolute Gasteiger partial charge is 0.276 e. The van der Waals surface area contributed by atoms with Gasteiger partial charge in [-0.15, -0.1) is 11.3 Å². The Kier molecular flexibility index (Phi) is 6.01. The molecule has 0 aliphatic heterocycles. The number of thiazole rings is 1. The predicted octanol–water partition coefficient (Wildman–Crippen LogP) is 5.26. The van der Waals surface area contributed by atoms with E-state index in [1.165, 1.54) is 60.7 Å². The summed E-state index contributed by atoms with van der Waals surface area (Å²) in [6.45, 7) is 0. The summed E-state index contributed by atoms with van der Waals surface area (Å²) in [4.78, 5) is 21.6. The van der Waals surface area contributed by atoms with Crippen LogP contribution in [0.3, 0.4) is 0 Å². The number of nitrogens with zero attached hydrogens (tertiary/aromatic N) is 3. The number of imidazole rings is 1. The van der Waals surface area contributed by atoms with Crippen molar-refractivity contribution in [2.45, 2.75) is 5.16 Å². The fourth-order valence-electron chi connectivity index (χ4n) is 2.93. The molecule has 0 aliphatic rings. The number of halogens is 2. The van der Waals surface area contributed by atoms with Gasteiger partial charge in [0.1, 0.15) is 11.5 Å². The molecule has 0 unspecified atom stereocenters. The highest BCUT2D eigenvalue weighted by Gasteiger charge is 2.19. The van der Waals surface area contributed by atoms with Gasteiger partial charge in [-0.1, -0.05) is 11.8 Å². The van der Waals surface area contributed by atoms with Gasteiger partial charge in [0, 0.05) is 16.6 Å². The molecule has 0 spiro atoms. The van der Waals surface area contributed by atoms with Crippen LogP contribution in [0.25, 0.3) is 16.9 Å². The van der Waals surface area contributed by atoms with E-state index in [1.54, 1.807) is 28.1 Å². The summed E-state index contributed by atoms with van der Waals surface area (Å²) < 4.78 is 33.9. The number of thioether (sulfide) groups is 1. The highest BCUT2D eigenvalue weighted by Crippen LogP contribution is 2.29. The monoisotopic (exact) mass is 458 g/mol. The van der Waals surface area contributed by atoms with Crippen LogP contribution in [0.1, 0.15) is 10.5 Å². The van der Waals surface area contributed by atoms with E-state index >= 15 is 0 Å². The molecular weight excluding hydrogens is 442 g/mol. The second kappa shape index (κ2) is 8.86. The lowest BCUT2D eigenvalue weighted by Crippen LogP contribution is -2.16. The van der Waals surface area contributed by atoms with Crippen LogP contribution in [0, 0.1) is 11.6 Å². The van der Waals surface area contributed by atoms with Gasteiger partial charge in [0.05, 0.1) is 19.0 Å². The summed E-state index contributed by atoms with van der Waals surface area (Å²) >= 11 is 2.58. The average Bonchev–Trinajstić information content (AvgIpc) is 3.41. The number of nitrogens with one attached hydrogen (secondary N) is 1. The zero-order valence-electron chi connectivity index (χ0n) is 16.4. The first-order valence-electron chi connectivity index (χ1n) is 8.98. The number of methoxy groups -OCH3 is 1. The minimum Gasteiger partial charge on any atom is -0.494 e. The second-order valence-corrected chi connectivity index (χ2v) is 7.91. The van der Waals surface area contributed by atoms with E-state index in [4.69, 9.17) is 4.74 Å². The molecule has 0 atom stereocenters. The van der Waals surface area contributed by atoms with Crippen LogP contribution in [0.5, 0.6) is 5.75 Å². The Balaban J connectivity index is 1.59. The first kappa shape index (κ1) is 21.0. The van der Waals surface area contributed by atoms with Gasteiger partial charge in [-0.3, -0.25) is 14.7 Å². The molecule has 31 heavy (non-hydrogen) atoms. The lowest BCUT2D eigenvalue weighted by Gasteiger charge is -2.10. The maximum absolute atomic E-state index is 14.0. The number of carbonyl (C=O) groups excluding carboxylic acids is 1. The molecule has 6 nitrogen and oxygen atoms in total. The van der Waals surface area contributed by atoms with Crippen molar-refractivity contribution in [2.24, 2.45) is 0 Å². The number of ether oxygens (including phenoxy) is 1. The summed E-state index contributed by atoms with van der Waals surface area (Å²) in [6.07, 6.45) is 3.29. The molecule has 0 saturated heterocycles. The Hall–Kier alpha value is -3.24.